The number of benzene rings is 2. The van der Waals surface area contributed by atoms with Gasteiger partial charge in [0.25, 0.3) is 0 Å². The highest BCUT2D eigenvalue weighted by atomic mass is 15.2. The molecule has 2 heterocycles. The molecule has 0 bridgehead atoms. The third-order valence-corrected chi connectivity index (χ3v) is 6.26. The first kappa shape index (κ1) is 21.1. The van der Waals surface area contributed by atoms with Crippen LogP contribution in [0.2, 0.25) is 0 Å². The van der Waals surface area contributed by atoms with Gasteiger partial charge in [0.15, 0.2) is 0 Å². The molecule has 1 aliphatic rings. The van der Waals surface area contributed by atoms with Crippen LogP contribution in [-0.2, 0) is 0 Å². The van der Waals surface area contributed by atoms with E-state index in [1.807, 2.05) is 12.3 Å². The minimum atomic E-state index is 0.626. The van der Waals surface area contributed by atoms with Gasteiger partial charge in [0.2, 0.25) is 0 Å². The molecule has 1 saturated heterocycles. The number of aromatic amines is 1. The molecule has 0 radical (unpaired) electrons. The first-order chi connectivity index (χ1) is 14.8. The van der Waals surface area contributed by atoms with Crippen molar-refractivity contribution in [3.05, 3.63) is 70.4 Å². The molecule has 0 aliphatic carbocycles. The molecule has 4 rings (SSSR count). The molecule has 0 amide bonds. The Kier molecular flexibility index (Phi) is 5.79. The highest BCUT2D eigenvalue weighted by Gasteiger charge is 2.19. The number of nitrogen functional groups attached to an aromatic ring is 1. The van der Waals surface area contributed by atoms with Gasteiger partial charge < -0.3 is 26.3 Å². The fourth-order valence-corrected chi connectivity index (χ4v) is 4.47. The van der Waals surface area contributed by atoms with Crippen LogP contribution in [0, 0.1) is 20.8 Å². The number of likely N-dealkylation sites (N-methyl/N-ethyl adjacent to an activating group) is 1. The first-order valence-electron chi connectivity index (χ1n) is 10.9. The molecule has 162 valence electrons. The maximum Gasteiger partial charge on any atom is 0.108 e. The lowest BCUT2D eigenvalue weighted by Crippen LogP contribution is -2.45. The summed E-state index contributed by atoms with van der Waals surface area (Å²) in [4.78, 5) is 8.02. The van der Waals surface area contributed by atoms with Crippen molar-refractivity contribution in [3.8, 4) is 11.1 Å². The molecule has 0 spiro atoms. The number of aromatic nitrogens is 1. The number of nitrogens with zero attached hydrogens (tertiary/aromatic N) is 2. The molecule has 31 heavy (non-hydrogen) atoms. The summed E-state index contributed by atoms with van der Waals surface area (Å²) in [7, 11) is 2.18. The predicted molar refractivity (Wildman–Crippen MR) is 133 cm³/mol. The van der Waals surface area contributed by atoms with Crippen molar-refractivity contribution in [2.45, 2.75) is 20.8 Å². The Balaban J connectivity index is 1.67. The largest absolute Gasteiger partial charge is 0.398 e. The molecule has 5 N–H and O–H groups in total. The monoisotopic (exact) mass is 415 g/mol. The molecule has 1 aliphatic heterocycles. The van der Waals surface area contributed by atoms with Gasteiger partial charge in [-0.3, -0.25) is 0 Å². The molecule has 5 nitrogen and oxygen atoms in total. The second-order valence-corrected chi connectivity index (χ2v) is 8.74. The predicted octanol–water partition coefficient (Wildman–Crippen LogP) is 4.40. The number of nitrogens with one attached hydrogen (secondary N) is 1. The highest BCUT2D eigenvalue weighted by molar-refractivity contribution is 5.90. The number of aryl methyl sites for hydroxylation is 3. The number of hydrogen-bond acceptors (Lipinski definition) is 4. The molecule has 0 unspecified atom stereocenters. The van der Waals surface area contributed by atoms with Gasteiger partial charge in [-0.25, -0.2) is 0 Å². The third kappa shape index (κ3) is 4.32. The van der Waals surface area contributed by atoms with Crippen molar-refractivity contribution in [1.29, 1.82) is 0 Å². The molecule has 0 saturated carbocycles. The average Bonchev–Trinajstić information content (AvgIpc) is 3.09. The number of rotatable bonds is 4. The fraction of sp³-hybridized carbons (Fsp3) is 0.308. The van der Waals surface area contributed by atoms with Crippen LogP contribution in [0.4, 0.5) is 11.5 Å². The second-order valence-electron chi connectivity index (χ2n) is 8.74. The van der Waals surface area contributed by atoms with E-state index >= 15 is 0 Å². The van der Waals surface area contributed by atoms with Crippen molar-refractivity contribution in [2.24, 2.45) is 5.73 Å². The van der Waals surface area contributed by atoms with E-state index in [2.05, 4.69) is 79.0 Å². The van der Waals surface area contributed by atoms with E-state index in [-0.39, 0.29) is 0 Å². The third-order valence-electron chi connectivity index (χ3n) is 6.26. The van der Waals surface area contributed by atoms with E-state index < -0.39 is 0 Å². The molecular weight excluding hydrogens is 382 g/mol. The first-order valence-corrected chi connectivity index (χ1v) is 10.9. The van der Waals surface area contributed by atoms with Gasteiger partial charge in [0, 0.05) is 54.9 Å². The minimum absolute atomic E-state index is 0.626. The SMILES string of the molecule is Cc1ccc(-c2c[nH]c(N)c2/C=C(\N)c2cc(C)c(N3CCN(C)CC3)c(C)c2)cc1. The molecular formula is C26H33N5. The zero-order chi connectivity index (χ0) is 22.1. The second kappa shape index (κ2) is 8.52. The van der Waals surface area contributed by atoms with Gasteiger partial charge >= 0.3 is 0 Å². The molecule has 5 heteroatoms. The van der Waals surface area contributed by atoms with Crippen LogP contribution in [0.15, 0.2) is 42.6 Å². The molecule has 3 aromatic rings. The standard InChI is InChI=1S/C26H33N5/c1-17-5-7-20(8-6-17)23-16-29-26(28)22(23)15-24(27)21-13-18(2)25(19(3)14-21)31-11-9-30(4)10-12-31/h5-8,13-16,29H,9-12,27-28H2,1-4H3/b24-15-. The van der Waals surface area contributed by atoms with Crippen LogP contribution in [0.3, 0.4) is 0 Å². The van der Waals surface area contributed by atoms with E-state index in [4.69, 9.17) is 11.5 Å². The Morgan fingerprint density at radius 3 is 2.19 bits per heavy atom. The van der Waals surface area contributed by atoms with Crippen molar-refractivity contribution in [1.82, 2.24) is 9.88 Å². The van der Waals surface area contributed by atoms with Gasteiger partial charge in [0.1, 0.15) is 5.82 Å². The van der Waals surface area contributed by atoms with Gasteiger partial charge in [-0.05, 0) is 68.3 Å². The van der Waals surface area contributed by atoms with Crippen LogP contribution in [0.5, 0.6) is 0 Å². The number of anilines is 2. The maximum atomic E-state index is 6.58. The van der Waals surface area contributed by atoms with Gasteiger partial charge in [0.05, 0.1) is 0 Å². The van der Waals surface area contributed by atoms with Crippen molar-refractivity contribution in [3.63, 3.8) is 0 Å². The van der Waals surface area contributed by atoms with Crippen LogP contribution in [-0.4, -0.2) is 43.1 Å². The molecule has 2 aromatic carbocycles. The smallest absolute Gasteiger partial charge is 0.108 e. The summed E-state index contributed by atoms with van der Waals surface area (Å²) >= 11 is 0. The normalized spacial score (nSPS) is 15.5. The zero-order valence-corrected chi connectivity index (χ0v) is 19.0. The summed E-state index contributed by atoms with van der Waals surface area (Å²) in [6.07, 6.45) is 3.94. The Morgan fingerprint density at radius 1 is 0.968 bits per heavy atom. The van der Waals surface area contributed by atoms with Crippen LogP contribution < -0.4 is 16.4 Å². The lowest BCUT2D eigenvalue weighted by Gasteiger charge is -2.36. The average molecular weight is 416 g/mol. The van der Waals surface area contributed by atoms with Gasteiger partial charge in [-0.15, -0.1) is 0 Å². The van der Waals surface area contributed by atoms with Gasteiger partial charge in [-0.1, -0.05) is 29.8 Å². The minimum Gasteiger partial charge on any atom is -0.398 e. The van der Waals surface area contributed by atoms with E-state index in [1.165, 1.54) is 22.4 Å². The Morgan fingerprint density at radius 2 is 1.58 bits per heavy atom. The van der Waals surface area contributed by atoms with Crippen LogP contribution in [0.1, 0.15) is 27.8 Å². The summed E-state index contributed by atoms with van der Waals surface area (Å²) in [6, 6.07) is 12.8. The molecule has 1 fully saturated rings. The van der Waals surface area contributed by atoms with Crippen molar-refractivity contribution < 1.29 is 0 Å². The van der Waals surface area contributed by atoms with Crippen LogP contribution >= 0.6 is 0 Å². The summed E-state index contributed by atoms with van der Waals surface area (Å²) in [5, 5.41) is 0. The maximum absolute atomic E-state index is 6.58. The van der Waals surface area contributed by atoms with E-state index in [9.17, 15) is 0 Å². The topological polar surface area (TPSA) is 74.3 Å². The summed E-state index contributed by atoms with van der Waals surface area (Å²) in [5.41, 5.74) is 22.8. The highest BCUT2D eigenvalue weighted by Crippen LogP contribution is 2.33. The van der Waals surface area contributed by atoms with E-state index in [0.717, 1.165) is 54.1 Å². The number of nitrogens with two attached hydrogens (primary N) is 2. The van der Waals surface area contributed by atoms with Crippen molar-refractivity contribution >= 4 is 23.3 Å². The summed E-state index contributed by atoms with van der Waals surface area (Å²) < 4.78 is 0. The Labute approximate surface area is 185 Å². The summed E-state index contributed by atoms with van der Waals surface area (Å²) in [6.45, 7) is 10.8. The van der Waals surface area contributed by atoms with Crippen molar-refractivity contribution in [2.75, 3.05) is 43.9 Å². The quantitative estimate of drug-likeness (QED) is 0.590. The molecule has 0 atom stereocenters. The number of H-pyrrole nitrogens is 1. The van der Waals surface area contributed by atoms with E-state index in [0.29, 0.717) is 5.82 Å². The lowest BCUT2D eigenvalue weighted by molar-refractivity contribution is 0.312. The Bertz CT molecular complexity index is 1080. The van der Waals surface area contributed by atoms with E-state index in [1.54, 1.807) is 0 Å². The van der Waals surface area contributed by atoms with Gasteiger partial charge in [-0.2, -0.15) is 0 Å². The number of piperazine rings is 1. The fourth-order valence-electron chi connectivity index (χ4n) is 4.47. The lowest BCUT2D eigenvalue weighted by atomic mass is 9.98. The van der Waals surface area contributed by atoms with Crippen LogP contribution in [0.25, 0.3) is 22.9 Å². The Hall–Kier alpha value is -3.18. The summed E-state index contributed by atoms with van der Waals surface area (Å²) in [5.74, 6) is 0.626. The molecule has 1 aromatic heterocycles. The number of hydrogen-bond donors (Lipinski definition) is 3. The zero-order valence-electron chi connectivity index (χ0n) is 19.0.